The van der Waals surface area contributed by atoms with Gasteiger partial charge in [0.1, 0.15) is 11.4 Å². The molecule has 0 amide bonds. The molecule has 0 aliphatic carbocycles. The molecule has 0 saturated carbocycles. The normalized spacial score (nSPS) is 18.1. The van der Waals surface area contributed by atoms with Gasteiger partial charge in [-0.05, 0) is 52.5 Å². The quantitative estimate of drug-likeness (QED) is 0.865. The number of nitrogens with zero attached hydrogens (tertiary/aromatic N) is 6. The maximum absolute atomic E-state index is 4.89. The summed E-state index contributed by atoms with van der Waals surface area (Å²) in [6, 6.07) is 7.78. The van der Waals surface area contributed by atoms with E-state index >= 15 is 0 Å². The molecular formula is C18H22N6. The van der Waals surface area contributed by atoms with Gasteiger partial charge < -0.3 is 9.80 Å². The van der Waals surface area contributed by atoms with E-state index in [4.69, 9.17) is 9.98 Å². The molecule has 2 aromatic rings. The predicted molar refractivity (Wildman–Crippen MR) is 98.0 cm³/mol. The Morgan fingerprint density at radius 2 is 1.12 bits per heavy atom. The van der Waals surface area contributed by atoms with Crippen LogP contribution in [0.4, 0.5) is 11.4 Å². The lowest BCUT2D eigenvalue weighted by Gasteiger charge is -2.19. The smallest absolute Gasteiger partial charge is 0.111 e. The van der Waals surface area contributed by atoms with Gasteiger partial charge >= 0.3 is 0 Å². The van der Waals surface area contributed by atoms with Crippen LogP contribution in [-0.2, 0) is 0 Å². The second kappa shape index (κ2) is 6.98. The van der Waals surface area contributed by atoms with Gasteiger partial charge in [0.05, 0.1) is 22.8 Å². The molecule has 3 rings (SSSR count). The molecule has 1 aliphatic rings. The first-order chi connectivity index (χ1) is 11.5. The van der Waals surface area contributed by atoms with Gasteiger partial charge in [-0.1, -0.05) is 0 Å². The van der Waals surface area contributed by atoms with E-state index in [1.165, 1.54) is 0 Å². The molecule has 0 fully saturated rings. The third kappa shape index (κ3) is 3.55. The fourth-order valence-electron chi connectivity index (χ4n) is 2.64. The number of aliphatic imine (C=N–C) groups is 2. The average Bonchev–Trinajstić information content (AvgIpc) is 2.52. The Labute approximate surface area is 142 Å². The highest BCUT2D eigenvalue weighted by molar-refractivity contribution is 6.12. The summed E-state index contributed by atoms with van der Waals surface area (Å²) < 4.78 is 0. The maximum atomic E-state index is 4.89. The summed E-state index contributed by atoms with van der Waals surface area (Å²) in [6.07, 6.45) is 3.58. The molecule has 3 heterocycles. The standard InChI is InChI=1S/C18H22N6/c1-23(2)11-15-17-13(7-5-9-19-17)22-16(12-24(3)4)18-14(21-15)8-6-10-20-18/h5-10H,11-12H2,1-4H3/b17-15?,18-16?,21-14?,21-15-,22-13?,22-16-. The number of hydrogen-bond acceptors (Lipinski definition) is 6. The van der Waals surface area contributed by atoms with Crippen molar-refractivity contribution in [1.82, 2.24) is 19.8 Å². The Morgan fingerprint density at radius 1 is 0.708 bits per heavy atom. The molecule has 124 valence electrons. The molecule has 0 unspecified atom stereocenters. The van der Waals surface area contributed by atoms with E-state index in [-0.39, 0.29) is 0 Å². The molecule has 0 N–H and O–H groups in total. The number of rotatable bonds is 4. The van der Waals surface area contributed by atoms with E-state index in [9.17, 15) is 0 Å². The lowest BCUT2D eigenvalue weighted by molar-refractivity contribution is 0.469. The second-order valence-electron chi connectivity index (χ2n) is 6.33. The van der Waals surface area contributed by atoms with Crippen LogP contribution < -0.4 is 0 Å². The van der Waals surface area contributed by atoms with Gasteiger partial charge in [0, 0.05) is 25.5 Å². The van der Waals surface area contributed by atoms with E-state index < -0.39 is 0 Å². The summed E-state index contributed by atoms with van der Waals surface area (Å²) in [7, 11) is 8.09. The van der Waals surface area contributed by atoms with E-state index in [1.54, 1.807) is 12.4 Å². The van der Waals surface area contributed by atoms with Crippen LogP contribution in [0.3, 0.4) is 0 Å². The topological polar surface area (TPSA) is 57.0 Å². The van der Waals surface area contributed by atoms with Crippen LogP contribution >= 0.6 is 0 Å². The highest BCUT2D eigenvalue weighted by Gasteiger charge is 2.20. The fourth-order valence-corrected chi connectivity index (χ4v) is 2.64. The minimum Gasteiger partial charge on any atom is -0.303 e. The number of pyridine rings is 2. The van der Waals surface area contributed by atoms with Crippen LogP contribution in [0.2, 0.25) is 0 Å². The van der Waals surface area contributed by atoms with Crippen LogP contribution in [0, 0.1) is 0 Å². The number of likely N-dealkylation sites (N-methyl/N-ethyl adjacent to an activating group) is 2. The van der Waals surface area contributed by atoms with Gasteiger partial charge in [0.2, 0.25) is 0 Å². The SMILES string of the molecule is CN(C)C/C1=N/c2cccnc2/C(CN(C)C)=N\c2cccnc21. The molecule has 0 radical (unpaired) electrons. The highest BCUT2D eigenvalue weighted by Crippen LogP contribution is 2.27. The van der Waals surface area contributed by atoms with Crippen molar-refractivity contribution in [3.05, 3.63) is 48.0 Å². The first-order valence-electron chi connectivity index (χ1n) is 7.90. The van der Waals surface area contributed by atoms with Crippen molar-refractivity contribution in [3.63, 3.8) is 0 Å². The maximum Gasteiger partial charge on any atom is 0.111 e. The van der Waals surface area contributed by atoms with E-state index in [0.717, 1.165) is 34.2 Å². The summed E-state index contributed by atoms with van der Waals surface area (Å²) in [5, 5.41) is 0. The average molecular weight is 322 g/mol. The van der Waals surface area contributed by atoms with Crippen LogP contribution in [0.15, 0.2) is 46.6 Å². The molecule has 0 bridgehead atoms. The largest absolute Gasteiger partial charge is 0.303 e. The van der Waals surface area contributed by atoms with E-state index in [1.807, 2.05) is 52.5 Å². The Balaban J connectivity index is 2.22. The van der Waals surface area contributed by atoms with Gasteiger partial charge in [-0.25, -0.2) is 9.98 Å². The van der Waals surface area contributed by atoms with Crippen molar-refractivity contribution in [2.45, 2.75) is 0 Å². The van der Waals surface area contributed by atoms with Crippen molar-refractivity contribution in [1.29, 1.82) is 0 Å². The second-order valence-corrected chi connectivity index (χ2v) is 6.33. The van der Waals surface area contributed by atoms with Gasteiger partial charge in [0.15, 0.2) is 0 Å². The van der Waals surface area contributed by atoms with Gasteiger partial charge in [0.25, 0.3) is 0 Å². The minimum atomic E-state index is 0.691. The van der Waals surface area contributed by atoms with Crippen molar-refractivity contribution in [3.8, 4) is 0 Å². The van der Waals surface area contributed by atoms with Crippen LogP contribution in [0.5, 0.6) is 0 Å². The van der Waals surface area contributed by atoms with Crippen molar-refractivity contribution < 1.29 is 0 Å². The van der Waals surface area contributed by atoms with Crippen molar-refractivity contribution in [2.75, 3.05) is 41.3 Å². The minimum absolute atomic E-state index is 0.691. The number of aromatic nitrogens is 2. The molecule has 2 aromatic heterocycles. The molecule has 0 spiro atoms. The zero-order valence-electron chi connectivity index (χ0n) is 14.6. The van der Waals surface area contributed by atoms with Crippen molar-refractivity contribution >= 4 is 22.8 Å². The highest BCUT2D eigenvalue weighted by atomic mass is 15.1. The van der Waals surface area contributed by atoms with Gasteiger partial charge in [-0.15, -0.1) is 0 Å². The first kappa shape index (κ1) is 16.4. The fraction of sp³-hybridized carbons (Fsp3) is 0.333. The Kier molecular flexibility index (Phi) is 4.78. The molecule has 1 aliphatic heterocycles. The lowest BCUT2D eigenvalue weighted by atomic mass is 10.1. The van der Waals surface area contributed by atoms with E-state index in [2.05, 4.69) is 19.8 Å². The Morgan fingerprint density at radius 3 is 1.50 bits per heavy atom. The summed E-state index contributed by atoms with van der Waals surface area (Å²) in [6.45, 7) is 1.38. The third-order valence-corrected chi connectivity index (χ3v) is 3.56. The summed E-state index contributed by atoms with van der Waals surface area (Å²) >= 11 is 0. The molecule has 0 atom stereocenters. The third-order valence-electron chi connectivity index (χ3n) is 3.56. The predicted octanol–water partition coefficient (Wildman–Crippen LogP) is 2.15. The van der Waals surface area contributed by atoms with Crippen LogP contribution in [0.25, 0.3) is 0 Å². The first-order valence-corrected chi connectivity index (χ1v) is 7.90. The summed E-state index contributed by atoms with van der Waals surface area (Å²) in [4.78, 5) is 23.0. The molecule has 0 saturated heterocycles. The molecule has 24 heavy (non-hydrogen) atoms. The monoisotopic (exact) mass is 322 g/mol. The number of hydrogen-bond donors (Lipinski definition) is 0. The molecule has 6 heteroatoms. The zero-order valence-corrected chi connectivity index (χ0v) is 14.6. The summed E-state index contributed by atoms with van der Waals surface area (Å²) in [5.74, 6) is 0. The molecular weight excluding hydrogens is 300 g/mol. The zero-order chi connectivity index (χ0) is 17.1. The lowest BCUT2D eigenvalue weighted by Crippen LogP contribution is -2.26. The Bertz CT molecular complexity index is 724. The van der Waals surface area contributed by atoms with E-state index in [0.29, 0.717) is 13.1 Å². The molecule has 6 nitrogen and oxygen atoms in total. The van der Waals surface area contributed by atoms with Gasteiger partial charge in [-0.3, -0.25) is 9.97 Å². The Hall–Kier alpha value is -2.44. The molecule has 0 aromatic carbocycles. The van der Waals surface area contributed by atoms with Crippen LogP contribution in [-0.4, -0.2) is 72.5 Å². The van der Waals surface area contributed by atoms with Gasteiger partial charge in [-0.2, -0.15) is 0 Å². The number of fused-ring (bicyclic) bond motifs is 2. The van der Waals surface area contributed by atoms with Crippen LogP contribution in [0.1, 0.15) is 11.4 Å². The summed E-state index contributed by atoms with van der Waals surface area (Å²) in [5.41, 5.74) is 5.14. The van der Waals surface area contributed by atoms with Crippen molar-refractivity contribution in [2.24, 2.45) is 9.98 Å².